The Hall–Kier alpha value is -1.68. The maximum Gasteiger partial charge on any atom is 0.244 e. The lowest BCUT2D eigenvalue weighted by atomic mass is 9.95. The summed E-state index contributed by atoms with van der Waals surface area (Å²) in [6.45, 7) is 7.94. The van der Waals surface area contributed by atoms with E-state index in [2.05, 4.69) is 5.32 Å². The smallest absolute Gasteiger partial charge is 0.244 e. The molecule has 33 heavy (non-hydrogen) atoms. The second kappa shape index (κ2) is 11.6. The lowest BCUT2D eigenvalue weighted by Gasteiger charge is -2.33. The van der Waals surface area contributed by atoms with E-state index in [1.54, 1.807) is 6.07 Å². The molecular formula is C23H35ClN4O4S. The van der Waals surface area contributed by atoms with Gasteiger partial charge in [0.15, 0.2) is 0 Å². The number of halogens is 1. The first-order valence-corrected chi connectivity index (χ1v) is 13.7. The topological polar surface area (TPSA) is 90.0 Å². The van der Waals surface area contributed by atoms with E-state index in [1.165, 1.54) is 16.4 Å². The van der Waals surface area contributed by atoms with Gasteiger partial charge >= 0.3 is 0 Å². The number of piperidine rings is 2. The van der Waals surface area contributed by atoms with Crippen molar-refractivity contribution in [2.45, 2.75) is 50.8 Å². The van der Waals surface area contributed by atoms with Crippen LogP contribution in [0.4, 0.5) is 5.69 Å². The number of amides is 2. The molecule has 3 rings (SSSR count). The Labute approximate surface area is 202 Å². The van der Waals surface area contributed by atoms with Crippen LogP contribution in [-0.4, -0.2) is 80.2 Å². The van der Waals surface area contributed by atoms with Crippen LogP contribution >= 0.6 is 11.6 Å². The van der Waals surface area contributed by atoms with E-state index in [9.17, 15) is 18.0 Å². The second-order valence-electron chi connectivity index (χ2n) is 8.72. The molecule has 0 atom stereocenters. The molecule has 0 radical (unpaired) electrons. The van der Waals surface area contributed by atoms with Gasteiger partial charge in [-0.25, -0.2) is 8.42 Å². The number of sulfonamides is 1. The number of carbonyl (C=O) groups is 2. The maximum absolute atomic E-state index is 13.0. The molecule has 184 valence electrons. The molecule has 0 saturated carbocycles. The summed E-state index contributed by atoms with van der Waals surface area (Å²) in [6.07, 6.45) is 4.18. The van der Waals surface area contributed by atoms with Gasteiger partial charge in [0, 0.05) is 37.8 Å². The third kappa shape index (κ3) is 6.47. The number of anilines is 1. The number of hydrogen-bond acceptors (Lipinski definition) is 5. The Morgan fingerprint density at radius 3 is 2.30 bits per heavy atom. The summed E-state index contributed by atoms with van der Waals surface area (Å²) in [4.78, 5) is 29.1. The Morgan fingerprint density at radius 2 is 1.70 bits per heavy atom. The average molecular weight is 499 g/mol. The van der Waals surface area contributed by atoms with E-state index in [1.807, 2.05) is 23.6 Å². The summed E-state index contributed by atoms with van der Waals surface area (Å²) in [7, 11) is -3.70. The van der Waals surface area contributed by atoms with Gasteiger partial charge in [-0.2, -0.15) is 4.31 Å². The minimum atomic E-state index is -3.70. The fraction of sp³-hybridized carbons (Fsp3) is 0.652. The molecule has 1 aromatic rings. The summed E-state index contributed by atoms with van der Waals surface area (Å²) < 4.78 is 27.5. The van der Waals surface area contributed by atoms with Gasteiger partial charge in [0.1, 0.15) is 4.90 Å². The highest BCUT2D eigenvalue weighted by Gasteiger charge is 2.30. The molecule has 1 N–H and O–H groups in total. The first-order chi connectivity index (χ1) is 15.8. The van der Waals surface area contributed by atoms with Crippen molar-refractivity contribution in [1.29, 1.82) is 0 Å². The maximum atomic E-state index is 13.0. The summed E-state index contributed by atoms with van der Waals surface area (Å²) in [5, 5.41) is 2.96. The number of rotatable bonds is 8. The molecule has 2 fully saturated rings. The highest BCUT2D eigenvalue weighted by atomic mass is 35.5. The minimum Gasteiger partial charge on any atom is -0.343 e. The zero-order valence-corrected chi connectivity index (χ0v) is 21.1. The van der Waals surface area contributed by atoms with Crippen LogP contribution in [0.3, 0.4) is 0 Å². The third-order valence-electron chi connectivity index (χ3n) is 6.53. The van der Waals surface area contributed by atoms with Crippen LogP contribution in [0, 0.1) is 5.92 Å². The van der Waals surface area contributed by atoms with Crippen LogP contribution in [0.2, 0.25) is 5.02 Å². The van der Waals surface area contributed by atoms with E-state index < -0.39 is 10.0 Å². The lowest BCUT2D eigenvalue weighted by Crippen LogP contribution is -2.44. The first-order valence-electron chi connectivity index (χ1n) is 11.9. The fourth-order valence-corrected chi connectivity index (χ4v) is 6.58. The third-order valence-corrected chi connectivity index (χ3v) is 8.91. The van der Waals surface area contributed by atoms with Crippen LogP contribution < -0.4 is 5.32 Å². The van der Waals surface area contributed by atoms with E-state index in [4.69, 9.17) is 11.6 Å². The Morgan fingerprint density at radius 1 is 1.06 bits per heavy atom. The van der Waals surface area contributed by atoms with Crippen molar-refractivity contribution in [3.05, 3.63) is 23.2 Å². The summed E-state index contributed by atoms with van der Waals surface area (Å²) >= 11 is 6.22. The second-order valence-corrected chi connectivity index (χ2v) is 11.0. The zero-order chi connectivity index (χ0) is 24.0. The molecule has 0 aromatic heterocycles. The number of nitrogens with zero attached hydrogens (tertiary/aromatic N) is 3. The summed E-state index contributed by atoms with van der Waals surface area (Å²) in [5.41, 5.74) is 0.409. The number of benzene rings is 1. The molecule has 0 unspecified atom stereocenters. The molecule has 1 aromatic carbocycles. The molecule has 2 heterocycles. The minimum absolute atomic E-state index is 0.0167. The summed E-state index contributed by atoms with van der Waals surface area (Å²) in [5.74, 6) is 0.00269. The Kier molecular flexibility index (Phi) is 9.15. The van der Waals surface area contributed by atoms with Gasteiger partial charge in [0.05, 0.1) is 11.6 Å². The largest absolute Gasteiger partial charge is 0.343 e. The number of carbonyl (C=O) groups excluding carboxylic acids is 2. The van der Waals surface area contributed by atoms with Gasteiger partial charge in [-0.15, -0.1) is 0 Å². The van der Waals surface area contributed by atoms with Crippen molar-refractivity contribution in [1.82, 2.24) is 14.1 Å². The highest BCUT2D eigenvalue weighted by molar-refractivity contribution is 7.89. The fourth-order valence-electron chi connectivity index (χ4n) is 4.56. The predicted octanol–water partition coefficient (Wildman–Crippen LogP) is 3.03. The molecule has 2 aliphatic heterocycles. The van der Waals surface area contributed by atoms with Crippen molar-refractivity contribution in [2.75, 3.05) is 51.1 Å². The lowest BCUT2D eigenvalue weighted by molar-refractivity contribution is -0.136. The van der Waals surface area contributed by atoms with Crippen LogP contribution in [0.25, 0.3) is 0 Å². The molecule has 2 saturated heterocycles. The van der Waals surface area contributed by atoms with E-state index in [0.29, 0.717) is 45.0 Å². The van der Waals surface area contributed by atoms with Crippen molar-refractivity contribution in [2.24, 2.45) is 5.92 Å². The zero-order valence-electron chi connectivity index (χ0n) is 19.6. The molecule has 2 aliphatic rings. The van der Waals surface area contributed by atoms with Gasteiger partial charge in [-0.3, -0.25) is 14.5 Å². The average Bonchev–Trinajstić information content (AvgIpc) is 2.82. The molecular weight excluding hydrogens is 464 g/mol. The monoisotopic (exact) mass is 498 g/mol. The molecule has 0 bridgehead atoms. The van der Waals surface area contributed by atoms with Crippen LogP contribution in [0.1, 0.15) is 46.0 Å². The SMILES string of the molecule is CCN(CC)C(=O)C1CCN(CC(=O)Nc2ccc(Cl)c(S(=O)(=O)N3CCCCC3)c2)CC1. The normalized spacial score (nSPS) is 18.8. The highest BCUT2D eigenvalue weighted by Crippen LogP contribution is 2.29. The molecule has 10 heteroatoms. The van der Waals surface area contributed by atoms with Crippen molar-refractivity contribution >= 4 is 39.1 Å². The molecule has 0 spiro atoms. The number of likely N-dealkylation sites (tertiary alicyclic amines) is 1. The standard InChI is InChI=1S/C23H35ClN4O4S/c1-3-27(4-2)23(30)18-10-14-26(15-11-18)17-22(29)25-19-8-9-20(24)21(16-19)33(31,32)28-12-6-5-7-13-28/h8-9,16,18H,3-7,10-15,17H2,1-2H3,(H,25,29). The Bertz CT molecular complexity index is 938. The Balaban J connectivity index is 1.57. The predicted molar refractivity (Wildman–Crippen MR) is 130 cm³/mol. The summed E-state index contributed by atoms with van der Waals surface area (Å²) in [6, 6.07) is 4.57. The van der Waals surface area contributed by atoms with Gasteiger partial charge in [-0.05, 0) is 70.8 Å². The van der Waals surface area contributed by atoms with Crippen LogP contribution in [0.5, 0.6) is 0 Å². The van der Waals surface area contributed by atoms with Crippen molar-refractivity contribution < 1.29 is 18.0 Å². The van der Waals surface area contributed by atoms with Crippen molar-refractivity contribution in [3.8, 4) is 0 Å². The molecule has 0 aliphatic carbocycles. The van der Waals surface area contributed by atoms with Crippen LogP contribution in [-0.2, 0) is 19.6 Å². The van der Waals surface area contributed by atoms with E-state index >= 15 is 0 Å². The molecule has 2 amide bonds. The van der Waals surface area contributed by atoms with Crippen LogP contribution in [0.15, 0.2) is 23.1 Å². The first kappa shape index (κ1) is 25.9. The van der Waals surface area contributed by atoms with Gasteiger partial charge in [0.2, 0.25) is 21.8 Å². The number of nitrogens with one attached hydrogen (secondary N) is 1. The van der Waals surface area contributed by atoms with Gasteiger partial charge < -0.3 is 10.2 Å². The quantitative estimate of drug-likeness (QED) is 0.595. The van der Waals surface area contributed by atoms with E-state index in [0.717, 1.165) is 32.1 Å². The molecule has 8 nitrogen and oxygen atoms in total. The van der Waals surface area contributed by atoms with E-state index in [-0.39, 0.29) is 34.2 Å². The van der Waals surface area contributed by atoms with Crippen molar-refractivity contribution in [3.63, 3.8) is 0 Å². The van der Waals surface area contributed by atoms with Gasteiger partial charge in [0.25, 0.3) is 0 Å². The van der Waals surface area contributed by atoms with Gasteiger partial charge in [-0.1, -0.05) is 18.0 Å². The number of hydrogen-bond donors (Lipinski definition) is 1.